The normalized spacial score (nSPS) is 26.4. The van der Waals surface area contributed by atoms with Crippen LogP contribution in [0, 0.1) is 5.82 Å². The van der Waals surface area contributed by atoms with Gasteiger partial charge in [-0.1, -0.05) is 17.2 Å². The van der Waals surface area contributed by atoms with Gasteiger partial charge in [0.25, 0.3) is 0 Å². The Morgan fingerprint density at radius 3 is 2.80 bits per heavy atom. The zero-order valence-electron chi connectivity index (χ0n) is 14.0. The molecule has 1 atom stereocenters. The zero-order valence-corrected chi connectivity index (χ0v) is 14.8. The molecule has 0 bridgehead atoms. The third-order valence-corrected chi connectivity index (χ3v) is 5.96. The summed E-state index contributed by atoms with van der Waals surface area (Å²) >= 11 is -0.784. The van der Waals surface area contributed by atoms with Gasteiger partial charge in [-0.2, -0.15) is 0 Å². The number of halogens is 1. The number of nitrogens with zero attached hydrogens (tertiary/aromatic N) is 1. The molecule has 1 aromatic rings. The van der Waals surface area contributed by atoms with Crippen LogP contribution in [0.15, 0.2) is 18.2 Å². The summed E-state index contributed by atoms with van der Waals surface area (Å²) in [6, 6.07) is 4.77. The van der Waals surface area contributed by atoms with Crippen LogP contribution in [0.2, 0.25) is 0 Å². The molecule has 2 aliphatic heterocycles. The summed E-state index contributed by atoms with van der Waals surface area (Å²) in [6.45, 7) is 1.89. The fourth-order valence-corrected chi connectivity index (χ4v) is 4.52. The van der Waals surface area contributed by atoms with Gasteiger partial charge in [0.2, 0.25) is 5.91 Å². The van der Waals surface area contributed by atoms with Crippen LogP contribution in [0.4, 0.5) is 14.9 Å². The van der Waals surface area contributed by atoms with Crippen molar-refractivity contribution in [1.29, 1.82) is 0 Å². The lowest BCUT2D eigenvalue weighted by Gasteiger charge is -2.25. The molecule has 0 aliphatic carbocycles. The molecule has 2 aliphatic rings. The average Bonchev–Trinajstić information content (AvgIpc) is 2.95. The summed E-state index contributed by atoms with van der Waals surface area (Å²) in [6.07, 6.45) is 0.434. The van der Waals surface area contributed by atoms with E-state index in [2.05, 4.69) is 5.32 Å². The summed E-state index contributed by atoms with van der Waals surface area (Å²) in [7, 11) is 0. The number of benzene rings is 1. The minimum Gasteiger partial charge on any atom is -0.616 e. The van der Waals surface area contributed by atoms with Crippen LogP contribution in [-0.4, -0.2) is 47.3 Å². The second-order valence-electron chi connectivity index (χ2n) is 6.38. The number of amides is 2. The molecule has 3 rings (SSSR count). The molecule has 25 heavy (non-hydrogen) atoms. The molecule has 0 unspecified atom stereocenters. The van der Waals surface area contributed by atoms with Crippen LogP contribution < -0.4 is 10.2 Å². The Kier molecular flexibility index (Phi) is 5.48. The summed E-state index contributed by atoms with van der Waals surface area (Å²) in [4.78, 5) is 24.3. The molecule has 136 valence electrons. The molecule has 0 spiro atoms. The van der Waals surface area contributed by atoms with Gasteiger partial charge in [0.1, 0.15) is 23.4 Å². The highest BCUT2D eigenvalue weighted by Crippen LogP contribution is 2.33. The van der Waals surface area contributed by atoms with Crippen molar-refractivity contribution >= 4 is 28.9 Å². The number of rotatable bonds is 4. The lowest BCUT2D eigenvalue weighted by Crippen LogP contribution is -2.33. The van der Waals surface area contributed by atoms with Crippen LogP contribution >= 0.6 is 0 Å². The van der Waals surface area contributed by atoms with Gasteiger partial charge in [-0.3, -0.25) is 9.69 Å². The van der Waals surface area contributed by atoms with Gasteiger partial charge in [0.05, 0.1) is 18.8 Å². The van der Waals surface area contributed by atoms with E-state index < -0.39 is 23.4 Å². The number of cyclic esters (lactones) is 1. The minimum atomic E-state index is -0.784. The second kappa shape index (κ2) is 7.61. The summed E-state index contributed by atoms with van der Waals surface area (Å²) in [5, 5.41) is 2.61. The first kappa shape index (κ1) is 18.0. The smallest absolute Gasteiger partial charge is 0.414 e. The fraction of sp³-hybridized carbons (Fsp3) is 0.529. The van der Waals surface area contributed by atoms with Crippen LogP contribution in [0.25, 0.3) is 0 Å². The van der Waals surface area contributed by atoms with Crippen LogP contribution in [-0.2, 0) is 20.7 Å². The molecule has 8 heteroatoms. The number of carbonyl (C=O) groups is 2. The van der Waals surface area contributed by atoms with Crippen LogP contribution in [0.3, 0.4) is 0 Å². The lowest BCUT2D eigenvalue weighted by molar-refractivity contribution is -0.119. The number of ether oxygens (including phenoxy) is 1. The van der Waals surface area contributed by atoms with Crippen molar-refractivity contribution in [1.82, 2.24) is 5.32 Å². The van der Waals surface area contributed by atoms with Crippen molar-refractivity contribution in [2.75, 3.05) is 29.5 Å². The highest BCUT2D eigenvalue weighted by Gasteiger charge is 2.33. The standard InChI is InChI=1S/C17H21FN2O4S/c1-11(21)19-9-14-10-20(17(22)24-14)13-2-3-15(16(18)8-13)12-4-6-25(23)7-5-12/h2-3,8,12,14H,4-7,9-10H2,1H3,(H,19,21)/t12?,14-,25?/m0/s1. The maximum atomic E-state index is 14.6. The van der Waals surface area contributed by atoms with Crippen LogP contribution in [0.1, 0.15) is 31.2 Å². The van der Waals surface area contributed by atoms with Gasteiger partial charge in [-0.05, 0) is 36.5 Å². The molecule has 0 aromatic heterocycles. The van der Waals surface area contributed by atoms with Gasteiger partial charge in [-0.15, -0.1) is 0 Å². The number of anilines is 1. The van der Waals surface area contributed by atoms with Crippen molar-refractivity contribution < 1.29 is 23.3 Å². The van der Waals surface area contributed by atoms with E-state index in [1.165, 1.54) is 17.9 Å². The first-order chi connectivity index (χ1) is 11.9. The molecule has 2 fully saturated rings. The predicted octanol–water partition coefficient (Wildman–Crippen LogP) is 1.91. The SMILES string of the molecule is CC(=O)NC[C@H]1CN(c2ccc(C3CC[S+]([O-])CC3)c(F)c2)C(=O)O1. The van der Waals surface area contributed by atoms with Crippen molar-refractivity contribution in [2.24, 2.45) is 0 Å². The zero-order chi connectivity index (χ0) is 18.0. The van der Waals surface area contributed by atoms with Crippen LogP contribution in [0.5, 0.6) is 0 Å². The minimum absolute atomic E-state index is 0.0739. The molecule has 2 saturated heterocycles. The number of hydrogen-bond donors (Lipinski definition) is 1. The highest BCUT2D eigenvalue weighted by atomic mass is 32.2. The lowest BCUT2D eigenvalue weighted by atomic mass is 9.93. The fourth-order valence-electron chi connectivity index (χ4n) is 3.22. The summed E-state index contributed by atoms with van der Waals surface area (Å²) in [5.41, 5.74) is 1.05. The van der Waals surface area contributed by atoms with E-state index in [9.17, 15) is 18.5 Å². The molecular formula is C17H21FN2O4S. The van der Waals surface area contributed by atoms with Gasteiger partial charge < -0.3 is 14.6 Å². The third kappa shape index (κ3) is 4.24. The third-order valence-electron chi connectivity index (χ3n) is 4.58. The van der Waals surface area contributed by atoms with E-state index in [-0.39, 0.29) is 30.7 Å². The maximum absolute atomic E-state index is 14.6. The number of carbonyl (C=O) groups excluding carboxylic acids is 2. The first-order valence-electron chi connectivity index (χ1n) is 8.31. The Hall–Kier alpha value is -1.80. The average molecular weight is 368 g/mol. The Morgan fingerprint density at radius 2 is 2.16 bits per heavy atom. The summed E-state index contributed by atoms with van der Waals surface area (Å²) in [5.74, 6) is 0.737. The van der Waals surface area contributed by atoms with E-state index in [0.717, 1.165) is 0 Å². The molecule has 0 saturated carbocycles. The Balaban J connectivity index is 1.68. The highest BCUT2D eigenvalue weighted by molar-refractivity contribution is 7.91. The largest absolute Gasteiger partial charge is 0.616 e. The van der Waals surface area contributed by atoms with Gasteiger partial charge >= 0.3 is 6.09 Å². The second-order valence-corrected chi connectivity index (χ2v) is 8.08. The van der Waals surface area contributed by atoms with Gasteiger partial charge in [0.15, 0.2) is 0 Å². The molecule has 6 nitrogen and oxygen atoms in total. The van der Waals surface area contributed by atoms with Crippen molar-refractivity contribution in [3.8, 4) is 0 Å². The van der Waals surface area contributed by atoms with E-state index in [1.54, 1.807) is 12.1 Å². The molecule has 1 aromatic carbocycles. The summed E-state index contributed by atoms with van der Waals surface area (Å²) < 4.78 is 31.2. The van der Waals surface area contributed by atoms with Crippen molar-refractivity contribution in [3.63, 3.8) is 0 Å². The Bertz CT molecular complexity index is 664. The van der Waals surface area contributed by atoms with E-state index in [1.807, 2.05) is 0 Å². The van der Waals surface area contributed by atoms with Crippen molar-refractivity contribution in [3.05, 3.63) is 29.6 Å². The molecule has 2 heterocycles. The maximum Gasteiger partial charge on any atom is 0.414 e. The molecule has 1 N–H and O–H groups in total. The monoisotopic (exact) mass is 368 g/mol. The predicted molar refractivity (Wildman–Crippen MR) is 92.6 cm³/mol. The molecular weight excluding hydrogens is 347 g/mol. The Labute approximate surface area is 148 Å². The molecule has 2 amide bonds. The topological polar surface area (TPSA) is 81.7 Å². The van der Waals surface area contributed by atoms with Gasteiger partial charge in [-0.25, -0.2) is 9.18 Å². The number of nitrogens with one attached hydrogen (secondary N) is 1. The molecule has 0 radical (unpaired) electrons. The van der Waals surface area contributed by atoms with E-state index in [0.29, 0.717) is 35.6 Å². The first-order valence-corrected chi connectivity index (χ1v) is 9.80. The quantitative estimate of drug-likeness (QED) is 0.823. The Morgan fingerprint density at radius 1 is 1.44 bits per heavy atom. The number of hydrogen-bond acceptors (Lipinski definition) is 4. The van der Waals surface area contributed by atoms with Gasteiger partial charge in [0, 0.05) is 6.92 Å². The van der Waals surface area contributed by atoms with Crippen molar-refractivity contribution in [2.45, 2.75) is 31.8 Å². The van der Waals surface area contributed by atoms with E-state index in [4.69, 9.17) is 4.74 Å². The van der Waals surface area contributed by atoms with E-state index >= 15 is 0 Å².